The molecule has 0 bridgehead atoms. The fourth-order valence-electron chi connectivity index (χ4n) is 4.45. The van der Waals surface area contributed by atoms with E-state index in [2.05, 4.69) is 75.3 Å². The SMILES string of the molecule is C=C(CC(C)(C)C)NC1C(C)=CC(N2CCCCC3=C2CCS3)=CC1C. The molecule has 3 heteroatoms. The van der Waals surface area contributed by atoms with E-state index in [4.69, 9.17) is 0 Å². The van der Waals surface area contributed by atoms with E-state index in [0.29, 0.717) is 12.0 Å². The van der Waals surface area contributed by atoms with Crippen molar-refractivity contribution >= 4 is 11.8 Å². The van der Waals surface area contributed by atoms with Crippen LogP contribution in [0.2, 0.25) is 0 Å². The second-order valence-electron chi connectivity index (χ2n) is 9.38. The minimum absolute atomic E-state index is 0.273. The Hall–Kier alpha value is -1.09. The van der Waals surface area contributed by atoms with Crippen LogP contribution in [-0.4, -0.2) is 23.2 Å². The van der Waals surface area contributed by atoms with E-state index < -0.39 is 0 Å². The van der Waals surface area contributed by atoms with Gasteiger partial charge in [0.05, 0.1) is 6.04 Å². The van der Waals surface area contributed by atoms with Gasteiger partial charge >= 0.3 is 0 Å². The fraction of sp³-hybridized carbons (Fsp3) is 0.652. The summed E-state index contributed by atoms with van der Waals surface area (Å²) in [5.41, 5.74) is 5.90. The summed E-state index contributed by atoms with van der Waals surface area (Å²) >= 11 is 2.09. The van der Waals surface area contributed by atoms with Gasteiger partial charge in [0.25, 0.3) is 0 Å². The summed E-state index contributed by atoms with van der Waals surface area (Å²) in [6.07, 6.45) is 11.1. The van der Waals surface area contributed by atoms with Gasteiger partial charge in [0.2, 0.25) is 0 Å². The van der Waals surface area contributed by atoms with E-state index >= 15 is 0 Å². The van der Waals surface area contributed by atoms with Crippen molar-refractivity contribution in [3.8, 4) is 0 Å². The molecule has 26 heavy (non-hydrogen) atoms. The molecule has 0 amide bonds. The molecule has 0 aromatic rings. The van der Waals surface area contributed by atoms with Crippen molar-refractivity contribution in [1.82, 2.24) is 10.2 Å². The number of allylic oxidation sites excluding steroid dienone is 4. The molecule has 0 saturated heterocycles. The summed E-state index contributed by atoms with van der Waals surface area (Å²) in [6, 6.07) is 0.368. The van der Waals surface area contributed by atoms with Crippen molar-refractivity contribution in [2.24, 2.45) is 11.3 Å². The molecule has 2 unspecified atom stereocenters. The van der Waals surface area contributed by atoms with E-state index in [0.717, 1.165) is 12.1 Å². The molecule has 1 N–H and O–H groups in total. The van der Waals surface area contributed by atoms with Gasteiger partial charge in [-0.2, -0.15) is 0 Å². The van der Waals surface area contributed by atoms with Crippen LogP contribution in [0.1, 0.15) is 66.7 Å². The van der Waals surface area contributed by atoms with Crippen LogP contribution in [0.25, 0.3) is 0 Å². The smallest absolute Gasteiger partial charge is 0.0532 e. The highest BCUT2D eigenvalue weighted by Crippen LogP contribution is 2.41. The molecule has 2 aliphatic heterocycles. The second kappa shape index (κ2) is 7.88. The molecule has 2 heterocycles. The molecule has 144 valence electrons. The van der Waals surface area contributed by atoms with Crippen LogP contribution in [0.4, 0.5) is 0 Å². The van der Waals surface area contributed by atoms with Gasteiger partial charge in [0.1, 0.15) is 0 Å². The molecule has 1 aliphatic carbocycles. The van der Waals surface area contributed by atoms with Crippen molar-refractivity contribution in [3.63, 3.8) is 0 Å². The number of nitrogens with zero attached hydrogens (tertiary/aromatic N) is 1. The Morgan fingerprint density at radius 3 is 2.77 bits per heavy atom. The zero-order valence-electron chi connectivity index (χ0n) is 17.3. The van der Waals surface area contributed by atoms with Crippen molar-refractivity contribution < 1.29 is 0 Å². The van der Waals surface area contributed by atoms with Crippen molar-refractivity contribution in [3.05, 3.63) is 46.3 Å². The maximum atomic E-state index is 4.29. The van der Waals surface area contributed by atoms with E-state index in [-0.39, 0.29) is 5.41 Å². The second-order valence-corrected chi connectivity index (χ2v) is 10.6. The van der Waals surface area contributed by atoms with Gasteiger partial charge in [-0.3, -0.25) is 0 Å². The zero-order valence-corrected chi connectivity index (χ0v) is 18.1. The van der Waals surface area contributed by atoms with Crippen molar-refractivity contribution in [2.45, 2.75) is 72.8 Å². The first-order chi connectivity index (χ1) is 12.2. The Bertz CT molecular complexity index is 648. The van der Waals surface area contributed by atoms with Gasteiger partial charge in [0, 0.05) is 40.2 Å². The van der Waals surface area contributed by atoms with Gasteiger partial charge in [-0.05, 0) is 56.1 Å². The maximum absolute atomic E-state index is 4.29. The summed E-state index contributed by atoms with van der Waals surface area (Å²) in [5.74, 6) is 1.75. The Morgan fingerprint density at radius 1 is 1.31 bits per heavy atom. The summed E-state index contributed by atoms with van der Waals surface area (Å²) in [4.78, 5) is 4.28. The number of thioether (sulfide) groups is 1. The number of rotatable bonds is 4. The summed E-state index contributed by atoms with van der Waals surface area (Å²) in [6.45, 7) is 16.9. The van der Waals surface area contributed by atoms with E-state index in [9.17, 15) is 0 Å². The summed E-state index contributed by atoms with van der Waals surface area (Å²) < 4.78 is 0. The highest BCUT2D eigenvalue weighted by Gasteiger charge is 2.29. The largest absolute Gasteiger partial charge is 0.382 e. The molecule has 0 aromatic heterocycles. The third-order valence-electron chi connectivity index (χ3n) is 5.54. The fourth-order valence-corrected chi connectivity index (χ4v) is 5.66. The molecule has 0 radical (unpaired) electrons. The third-order valence-corrected chi connectivity index (χ3v) is 6.74. The third kappa shape index (κ3) is 4.60. The molecule has 0 aromatic carbocycles. The van der Waals surface area contributed by atoms with Gasteiger partial charge in [-0.1, -0.05) is 40.3 Å². The summed E-state index contributed by atoms with van der Waals surface area (Å²) in [5, 5.41) is 3.72. The van der Waals surface area contributed by atoms with Crippen molar-refractivity contribution in [2.75, 3.05) is 12.3 Å². The number of nitrogens with one attached hydrogen (secondary N) is 1. The number of hydrogen-bond acceptors (Lipinski definition) is 3. The molecule has 0 saturated carbocycles. The Kier molecular flexibility index (Phi) is 5.96. The van der Waals surface area contributed by atoms with Crippen LogP contribution in [0.3, 0.4) is 0 Å². The van der Waals surface area contributed by atoms with Crippen LogP contribution in [0.15, 0.2) is 46.3 Å². The lowest BCUT2D eigenvalue weighted by Crippen LogP contribution is -2.38. The van der Waals surface area contributed by atoms with E-state index in [1.807, 2.05) is 0 Å². The molecular weight excluding hydrogens is 336 g/mol. The first kappa shape index (κ1) is 19.7. The lowest BCUT2D eigenvalue weighted by Gasteiger charge is -2.35. The van der Waals surface area contributed by atoms with Crippen LogP contribution < -0.4 is 5.32 Å². The first-order valence-corrected chi connectivity index (χ1v) is 11.2. The lowest BCUT2D eigenvalue weighted by molar-refractivity contribution is 0.379. The lowest BCUT2D eigenvalue weighted by atomic mass is 9.86. The molecule has 0 fully saturated rings. The van der Waals surface area contributed by atoms with Crippen molar-refractivity contribution in [1.29, 1.82) is 0 Å². The summed E-state index contributed by atoms with van der Waals surface area (Å²) in [7, 11) is 0. The first-order valence-electron chi connectivity index (χ1n) is 10.2. The normalized spacial score (nSPS) is 26.9. The van der Waals surface area contributed by atoms with Crippen LogP contribution in [0, 0.1) is 11.3 Å². The molecule has 2 nitrogen and oxygen atoms in total. The minimum atomic E-state index is 0.273. The molecule has 2 atom stereocenters. The zero-order chi connectivity index (χ0) is 18.9. The quantitative estimate of drug-likeness (QED) is 0.631. The van der Waals surface area contributed by atoms with Crippen LogP contribution in [0.5, 0.6) is 0 Å². The van der Waals surface area contributed by atoms with Gasteiger partial charge in [-0.25, -0.2) is 0 Å². The Morgan fingerprint density at radius 2 is 2.08 bits per heavy atom. The highest BCUT2D eigenvalue weighted by molar-refractivity contribution is 8.03. The van der Waals surface area contributed by atoms with E-state index in [1.165, 1.54) is 49.3 Å². The van der Waals surface area contributed by atoms with E-state index in [1.54, 1.807) is 10.6 Å². The topological polar surface area (TPSA) is 15.3 Å². The maximum Gasteiger partial charge on any atom is 0.0532 e. The van der Waals surface area contributed by atoms with Crippen LogP contribution >= 0.6 is 11.8 Å². The Labute approximate surface area is 164 Å². The minimum Gasteiger partial charge on any atom is -0.382 e. The average molecular weight is 373 g/mol. The predicted molar refractivity (Wildman–Crippen MR) is 116 cm³/mol. The van der Waals surface area contributed by atoms with Gasteiger partial charge in [0.15, 0.2) is 0 Å². The predicted octanol–water partition coefficient (Wildman–Crippen LogP) is 6.21. The van der Waals surface area contributed by atoms with Crippen LogP contribution in [-0.2, 0) is 0 Å². The molecular formula is C23H36N2S. The average Bonchev–Trinajstić information content (AvgIpc) is 2.88. The standard InChI is InChI=1S/C23H36N2S/c1-16-13-19(25-11-8-7-9-21-20(25)10-12-26-21)14-17(2)22(16)24-18(3)15-23(4,5)6/h13-14,16,22,24H,3,7-12,15H2,1-2,4-6H3. The van der Waals surface area contributed by atoms with Gasteiger partial charge < -0.3 is 10.2 Å². The number of hydrogen-bond donors (Lipinski definition) is 1. The van der Waals surface area contributed by atoms with Gasteiger partial charge in [-0.15, -0.1) is 11.8 Å². The Balaban J connectivity index is 1.74. The monoisotopic (exact) mass is 372 g/mol. The molecule has 3 aliphatic rings. The highest BCUT2D eigenvalue weighted by atomic mass is 32.2. The molecule has 0 spiro atoms. The molecule has 3 rings (SSSR count).